The SMILES string of the molecule is COc1cnc(NC(=O)N2CCN(c3nc(N)nc4scnc34)[C@@H](C)C2)c(C)n1. The fraction of sp³-hybridized carbons (Fsp3) is 0.412. The van der Waals surface area contributed by atoms with Crippen molar-refractivity contribution < 1.29 is 9.53 Å². The minimum absolute atomic E-state index is 0.0248. The summed E-state index contributed by atoms with van der Waals surface area (Å²) in [6, 6.07) is -0.197. The summed E-state index contributed by atoms with van der Waals surface area (Å²) >= 11 is 1.43. The molecule has 0 spiro atoms. The summed E-state index contributed by atoms with van der Waals surface area (Å²) in [5.41, 5.74) is 8.92. The Balaban J connectivity index is 1.47. The van der Waals surface area contributed by atoms with E-state index in [4.69, 9.17) is 10.5 Å². The van der Waals surface area contributed by atoms with Gasteiger partial charge in [0.2, 0.25) is 11.8 Å². The van der Waals surface area contributed by atoms with Crippen LogP contribution in [0.4, 0.5) is 22.4 Å². The Morgan fingerprint density at radius 3 is 2.86 bits per heavy atom. The zero-order chi connectivity index (χ0) is 20.5. The second-order valence-electron chi connectivity index (χ2n) is 6.68. The summed E-state index contributed by atoms with van der Waals surface area (Å²) < 4.78 is 5.05. The van der Waals surface area contributed by atoms with Crippen LogP contribution in [-0.4, -0.2) is 68.6 Å². The van der Waals surface area contributed by atoms with Gasteiger partial charge in [-0.3, -0.25) is 5.32 Å². The van der Waals surface area contributed by atoms with Crippen molar-refractivity contribution in [2.45, 2.75) is 19.9 Å². The number of nitrogen functional groups attached to an aromatic ring is 1. The highest BCUT2D eigenvalue weighted by atomic mass is 32.1. The number of urea groups is 1. The number of ether oxygens (including phenoxy) is 1. The molecule has 2 amide bonds. The number of hydrogen-bond donors (Lipinski definition) is 2. The highest BCUT2D eigenvalue weighted by Crippen LogP contribution is 2.28. The number of carbonyl (C=O) groups is 1. The van der Waals surface area contributed by atoms with E-state index in [2.05, 4.69) is 35.1 Å². The second kappa shape index (κ2) is 7.62. The number of amides is 2. The summed E-state index contributed by atoms with van der Waals surface area (Å²) in [5.74, 6) is 1.75. The first-order valence-electron chi connectivity index (χ1n) is 9.03. The molecule has 152 valence electrons. The van der Waals surface area contributed by atoms with Crippen molar-refractivity contribution in [1.82, 2.24) is 29.8 Å². The van der Waals surface area contributed by atoms with Crippen molar-refractivity contribution in [3.05, 3.63) is 17.4 Å². The molecule has 1 aliphatic rings. The van der Waals surface area contributed by atoms with E-state index < -0.39 is 0 Å². The van der Waals surface area contributed by atoms with Gasteiger partial charge in [-0.1, -0.05) is 0 Å². The maximum absolute atomic E-state index is 12.7. The van der Waals surface area contributed by atoms with Crippen LogP contribution in [0.3, 0.4) is 0 Å². The van der Waals surface area contributed by atoms with Crippen LogP contribution in [0.15, 0.2) is 11.7 Å². The zero-order valence-corrected chi connectivity index (χ0v) is 17.1. The number of methoxy groups -OCH3 is 1. The topological polar surface area (TPSA) is 135 Å². The summed E-state index contributed by atoms with van der Waals surface area (Å²) in [5, 5.41) is 2.82. The van der Waals surface area contributed by atoms with E-state index in [-0.39, 0.29) is 18.0 Å². The molecule has 0 bridgehead atoms. The van der Waals surface area contributed by atoms with Gasteiger partial charge in [0, 0.05) is 25.7 Å². The van der Waals surface area contributed by atoms with Gasteiger partial charge < -0.3 is 20.3 Å². The molecule has 12 heteroatoms. The summed E-state index contributed by atoms with van der Waals surface area (Å²) in [4.78, 5) is 38.8. The van der Waals surface area contributed by atoms with Crippen LogP contribution < -0.4 is 20.7 Å². The predicted octanol–water partition coefficient (Wildman–Crippen LogP) is 1.52. The summed E-state index contributed by atoms with van der Waals surface area (Å²) in [6.07, 6.45) is 1.47. The molecule has 3 aromatic rings. The van der Waals surface area contributed by atoms with E-state index in [1.165, 1.54) is 24.6 Å². The molecule has 1 atom stereocenters. The van der Waals surface area contributed by atoms with Crippen molar-refractivity contribution in [2.24, 2.45) is 0 Å². The standard InChI is InChI=1S/C17H21N9O2S/c1-9-7-25(17(27)22-13-10(2)21-11(28-3)6-19-13)4-5-26(9)14-12-15(29-8-20-12)24-16(18)23-14/h6,8-9H,4-5,7H2,1-3H3,(H2,18,23,24)(H,19,22,27)/t9-/m0/s1. The number of aryl methyl sites for hydroxylation is 1. The molecule has 0 saturated carbocycles. The minimum Gasteiger partial charge on any atom is -0.480 e. The quantitative estimate of drug-likeness (QED) is 0.652. The highest BCUT2D eigenvalue weighted by Gasteiger charge is 2.30. The molecule has 3 N–H and O–H groups in total. The van der Waals surface area contributed by atoms with Crippen molar-refractivity contribution in [3.63, 3.8) is 0 Å². The third-order valence-corrected chi connectivity index (χ3v) is 5.46. The van der Waals surface area contributed by atoms with Crippen LogP contribution in [-0.2, 0) is 0 Å². The van der Waals surface area contributed by atoms with Crippen molar-refractivity contribution in [1.29, 1.82) is 0 Å². The van der Waals surface area contributed by atoms with E-state index >= 15 is 0 Å². The molecule has 0 aromatic carbocycles. The molecule has 4 heterocycles. The fourth-order valence-corrected chi connectivity index (χ4v) is 3.94. The first-order valence-corrected chi connectivity index (χ1v) is 9.91. The number of nitrogens with two attached hydrogens (primary N) is 1. The molecule has 0 unspecified atom stereocenters. The summed E-state index contributed by atoms with van der Waals surface area (Å²) in [6.45, 7) is 5.45. The zero-order valence-electron chi connectivity index (χ0n) is 16.3. The van der Waals surface area contributed by atoms with Gasteiger partial charge in [0.1, 0.15) is 5.52 Å². The lowest BCUT2D eigenvalue weighted by Crippen LogP contribution is -2.55. The minimum atomic E-state index is -0.222. The Morgan fingerprint density at radius 1 is 1.31 bits per heavy atom. The van der Waals surface area contributed by atoms with Gasteiger partial charge >= 0.3 is 6.03 Å². The van der Waals surface area contributed by atoms with Gasteiger partial charge in [-0.2, -0.15) is 4.98 Å². The van der Waals surface area contributed by atoms with E-state index in [9.17, 15) is 4.79 Å². The number of fused-ring (bicyclic) bond motifs is 1. The number of carbonyl (C=O) groups excluding carboxylic acids is 1. The number of nitrogens with zero attached hydrogens (tertiary/aromatic N) is 7. The normalized spacial score (nSPS) is 16.9. The van der Waals surface area contributed by atoms with Crippen molar-refractivity contribution >= 4 is 45.3 Å². The molecule has 29 heavy (non-hydrogen) atoms. The predicted molar refractivity (Wildman–Crippen MR) is 110 cm³/mol. The third-order valence-electron chi connectivity index (χ3n) is 4.74. The van der Waals surface area contributed by atoms with Crippen LogP contribution >= 0.6 is 11.3 Å². The number of rotatable bonds is 3. The second-order valence-corrected chi connectivity index (χ2v) is 7.51. The van der Waals surface area contributed by atoms with Crippen LogP contribution in [0.5, 0.6) is 5.88 Å². The van der Waals surface area contributed by atoms with Crippen LogP contribution in [0.1, 0.15) is 12.6 Å². The van der Waals surface area contributed by atoms with Crippen molar-refractivity contribution in [3.8, 4) is 5.88 Å². The number of aromatic nitrogens is 5. The Bertz CT molecular complexity index is 1060. The Kier molecular flexibility index (Phi) is 5.01. The number of anilines is 3. The lowest BCUT2D eigenvalue weighted by atomic mass is 10.2. The molecule has 1 aliphatic heterocycles. The number of thiazole rings is 1. The molecule has 4 rings (SSSR count). The molecule has 11 nitrogen and oxygen atoms in total. The molecule has 0 radical (unpaired) electrons. The van der Waals surface area contributed by atoms with Gasteiger partial charge in [-0.05, 0) is 13.8 Å². The summed E-state index contributed by atoms with van der Waals surface area (Å²) in [7, 11) is 1.52. The fourth-order valence-electron chi connectivity index (χ4n) is 3.28. The van der Waals surface area contributed by atoms with E-state index in [1.54, 1.807) is 17.3 Å². The number of hydrogen-bond acceptors (Lipinski definition) is 10. The van der Waals surface area contributed by atoms with E-state index in [1.807, 2.05) is 6.92 Å². The molecular formula is C17H21N9O2S. The Labute approximate surface area is 171 Å². The highest BCUT2D eigenvalue weighted by molar-refractivity contribution is 7.16. The maximum Gasteiger partial charge on any atom is 0.323 e. The molecule has 1 fully saturated rings. The number of nitrogens with one attached hydrogen (secondary N) is 1. The van der Waals surface area contributed by atoms with Gasteiger partial charge in [-0.25, -0.2) is 24.7 Å². The first-order chi connectivity index (χ1) is 14.0. The lowest BCUT2D eigenvalue weighted by molar-refractivity contribution is 0.200. The average molecular weight is 415 g/mol. The van der Waals surface area contributed by atoms with Gasteiger partial charge in [0.05, 0.1) is 24.5 Å². The van der Waals surface area contributed by atoms with Gasteiger partial charge in [-0.15, -0.1) is 11.3 Å². The number of piperazine rings is 1. The molecule has 3 aromatic heterocycles. The van der Waals surface area contributed by atoms with Crippen LogP contribution in [0.25, 0.3) is 10.3 Å². The van der Waals surface area contributed by atoms with E-state index in [0.29, 0.717) is 42.8 Å². The third kappa shape index (κ3) is 3.70. The van der Waals surface area contributed by atoms with Gasteiger partial charge in [0.15, 0.2) is 16.5 Å². The molecule has 0 aliphatic carbocycles. The molecular weight excluding hydrogens is 394 g/mol. The van der Waals surface area contributed by atoms with Crippen LogP contribution in [0.2, 0.25) is 0 Å². The average Bonchev–Trinajstić information content (AvgIpc) is 3.17. The van der Waals surface area contributed by atoms with Gasteiger partial charge in [0.25, 0.3) is 0 Å². The Hall–Kier alpha value is -3.28. The Morgan fingerprint density at radius 2 is 2.14 bits per heavy atom. The smallest absolute Gasteiger partial charge is 0.323 e. The largest absolute Gasteiger partial charge is 0.480 e. The monoisotopic (exact) mass is 415 g/mol. The maximum atomic E-state index is 12.7. The van der Waals surface area contributed by atoms with Crippen LogP contribution in [0, 0.1) is 6.92 Å². The lowest BCUT2D eigenvalue weighted by Gasteiger charge is -2.40. The van der Waals surface area contributed by atoms with Crippen molar-refractivity contribution in [2.75, 3.05) is 42.7 Å². The molecule has 1 saturated heterocycles. The first kappa shape index (κ1) is 19.1. The van der Waals surface area contributed by atoms with E-state index in [0.717, 1.165) is 10.3 Å².